The Labute approximate surface area is 67.2 Å². The zero-order valence-corrected chi connectivity index (χ0v) is 7.74. The molecule has 1 N–H and O–H groups in total. The average Bonchev–Trinajstić information content (AvgIpc) is 1.89. The van der Waals surface area contributed by atoms with Gasteiger partial charge in [0.2, 0.25) is 0 Å². The van der Waals surface area contributed by atoms with Gasteiger partial charge in [0.05, 0.1) is 20.6 Å². The maximum absolute atomic E-state index is 9.26. The van der Waals surface area contributed by atoms with Crippen molar-refractivity contribution in [3.63, 3.8) is 0 Å². The molecule has 10 heavy (non-hydrogen) atoms. The molecule has 0 fully saturated rings. The van der Waals surface area contributed by atoms with Crippen LogP contribution in [0.3, 0.4) is 0 Å². The third-order valence-electron chi connectivity index (χ3n) is 0.780. The Morgan fingerprint density at radius 1 is 1.40 bits per heavy atom. The van der Waals surface area contributed by atoms with Crippen molar-refractivity contribution in [3.05, 3.63) is 0 Å². The monoisotopic (exact) mass is 182 g/mol. The summed E-state index contributed by atoms with van der Waals surface area (Å²) in [4.78, 5) is 0. The van der Waals surface area contributed by atoms with Gasteiger partial charge in [0.25, 0.3) is 0 Å². The summed E-state index contributed by atoms with van der Waals surface area (Å²) in [6.45, 7) is 4.31. The summed E-state index contributed by atoms with van der Waals surface area (Å²) in [6, 6.07) is 0. The lowest BCUT2D eigenvalue weighted by Crippen LogP contribution is -2.28. The van der Waals surface area contributed by atoms with E-state index in [1.807, 2.05) is 0 Å². The van der Waals surface area contributed by atoms with E-state index < -0.39 is 5.71 Å². The van der Waals surface area contributed by atoms with E-state index in [4.69, 9.17) is 9.47 Å². The summed E-state index contributed by atoms with van der Waals surface area (Å²) in [6.07, 6.45) is 0. The van der Waals surface area contributed by atoms with Crippen LogP contribution in [0.2, 0.25) is 0 Å². The normalized spacial score (nSPS) is 12.3. The van der Waals surface area contributed by atoms with Crippen molar-refractivity contribution in [1.82, 2.24) is 0 Å². The van der Waals surface area contributed by atoms with E-state index in [-0.39, 0.29) is 7.36 Å². The largest absolute Gasteiger partial charge is 0.336 e. The van der Waals surface area contributed by atoms with E-state index in [0.717, 1.165) is 0 Å². The van der Waals surface area contributed by atoms with Crippen LogP contribution in [0.25, 0.3) is 0 Å². The third-order valence-corrected chi connectivity index (χ3v) is 1.96. The van der Waals surface area contributed by atoms with Gasteiger partial charge in [0.15, 0.2) is 0 Å². The van der Waals surface area contributed by atoms with Gasteiger partial charge in [-0.2, -0.15) is 0 Å². The minimum atomic E-state index is -1.57. The number of hydrogen-bond acceptors (Lipinski definition) is 4. The molecule has 3 nitrogen and oxygen atoms in total. The summed E-state index contributed by atoms with van der Waals surface area (Å²) in [5.74, 6) is 0. The summed E-state index contributed by atoms with van der Waals surface area (Å²) in [5, 5.41) is 9.26. The number of aliphatic hydroxyl groups is 1. The van der Waals surface area contributed by atoms with Crippen molar-refractivity contribution in [2.45, 2.75) is 19.6 Å². The average molecular weight is 182 g/mol. The van der Waals surface area contributed by atoms with Crippen molar-refractivity contribution in [2.24, 2.45) is 0 Å². The quantitative estimate of drug-likeness (QED) is 0.510. The first-order chi connectivity index (χ1) is 4.68. The lowest BCUT2D eigenvalue weighted by atomic mass is 10.8. The van der Waals surface area contributed by atoms with Gasteiger partial charge in [-0.3, -0.25) is 0 Å². The molecule has 0 aliphatic heterocycles. The highest BCUT2D eigenvalue weighted by Gasteiger charge is 2.25. The fourth-order valence-corrected chi connectivity index (χ4v) is 1.15. The molecule has 0 aliphatic rings. The Hall–Kier alpha value is 0.400. The summed E-state index contributed by atoms with van der Waals surface area (Å²) >= 11 is 4.59. The van der Waals surface area contributed by atoms with Gasteiger partial charge in [0.1, 0.15) is 0 Å². The standard InChI is InChI=1S/C5H11O3PS/c1-3-7-5(6,9-10)8-4-2/h6H,3-4H2,1-2H3. The van der Waals surface area contributed by atoms with Crippen molar-refractivity contribution in [1.29, 1.82) is 0 Å². The predicted octanol–water partition coefficient (Wildman–Crippen LogP) is 1.07. The Bertz CT molecular complexity index is 103. The second-order valence-corrected chi connectivity index (χ2v) is 2.80. The van der Waals surface area contributed by atoms with Crippen LogP contribution < -0.4 is 0 Å². The molecular formula is C5H11O3PS. The van der Waals surface area contributed by atoms with Gasteiger partial charge in [-0.25, -0.2) is 0 Å². The molecule has 0 unspecified atom stereocenters. The predicted molar refractivity (Wildman–Crippen MR) is 42.5 cm³/mol. The Kier molecular flexibility index (Phi) is 5.31. The van der Waals surface area contributed by atoms with Crippen LogP contribution in [-0.4, -0.2) is 24.0 Å². The second kappa shape index (κ2) is 5.10. The molecule has 0 atom stereocenters. The smallest absolute Gasteiger partial charge is 0.336 e. The first-order valence-corrected chi connectivity index (χ1v) is 4.94. The minimum Gasteiger partial charge on any atom is -0.336 e. The Balaban J connectivity index is 3.81. The maximum atomic E-state index is 9.26. The fourth-order valence-electron chi connectivity index (χ4n) is 0.470. The Morgan fingerprint density at radius 3 is 2.00 bits per heavy atom. The molecule has 0 saturated carbocycles. The molecule has 0 amide bonds. The first kappa shape index (κ1) is 10.4. The molecule has 0 spiro atoms. The zero-order valence-electron chi connectivity index (χ0n) is 6.03. The van der Waals surface area contributed by atoms with E-state index in [1.54, 1.807) is 13.8 Å². The molecule has 0 heterocycles. The van der Waals surface area contributed by atoms with E-state index in [1.165, 1.54) is 0 Å². The van der Waals surface area contributed by atoms with Gasteiger partial charge in [-0.15, -0.1) is 0 Å². The summed E-state index contributed by atoms with van der Waals surface area (Å²) in [7, 11) is 0.263. The molecule has 0 rings (SSSR count). The van der Waals surface area contributed by atoms with Crippen LogP contribution in [0, 0.1) is 0 Å². The van der Waals surface area contributed by atoms with Gasteiger partial charge in [0, 0.05) is 0 Å². The highest BCUT2D eigenvalue weighted by atomic mass is 32.4. The topological polar surface area (TPSA) is 38.7 Å². The summed E-state index contributed by atoms with van der Waals surface area (Å²) < 4.78 is 9.67. The second-order valence-electron chi connectivity index (χ2n) is 1.51. The highest BCUT2D eigenvalue weighted by Crippen LogP contribution is 2.22. The molecule has 5 heteroatoms. The molecule has 0 bridgehead atoms. The van der Waals surface area contributed by atoms with Crippen molar-refractivity contribution in [2.75, 3.05) is 13.2 Å². The van der Waals surface area contributed by atoms with Crippen LogP contribution in [0.15, 0.2) is 0 Å². The van der Waals surface area contributed by atoms with Crippen LogP contribution >= 0.6 is 7.36 Å². The Morgan fingerprint density at radius 2 is 1.80 bits per heavy atom. The van der Waals surface area contributed by atoms with Crippen LogP contribution in [0.4, 0.5) is 0 Å². The molecule has 0 saturated heterocycles. The molecular weight excluding hydrogens is 171 g/mol. The lowest BCUT2D eigenvalue weighted by molar-refractivity contribution is -0.291. The SMILES string of the molecule is CCOC(O)(OCC)P=S. The molecule has 0 aromatic heterocycles. The van der Waals surface area contributed by atoms with Gasteiger partial charge >= 0.3 is 5.71 Å². The number of rotatable bonds is 5. The molecule has 0 aromatic carbocycles. The maximum Gasteiger partial charge on any atom is 0.336 e. The zero-order chi connectivity index (χ0) is 8.04. The minimum absolute atomic E-state index is 0.263. The molecule has 60 valence electrons. The van der Waals surface area contributed by atoms with E-state index >= 15 is 0 Å². The number of hydrogen-bond donors (Lipinski definition) is 1. The molecule has 0 aliphatic carbocycles. The third kappa shape index (κ3) is 3.54. The van der Waals surface area contributed by atoms with Crippen LogP contribution in [0.5, 0.6) is 0 Å². The first-order valence-electron chi connectivity index (χ1n) is 3.03. The number of ether oxygens (including phenoxy) is 2. The van der Waals surface area contributed by atoms with E-state index in [0.29, 0.717) is 13.2 Å². The summed E-state index contributed by atoms with van der Waals surface area (Å²) in [5.41, 5.74) is -1.57. The fraction of sp³-hybridized carbons (Fsp3) is 1.00. The van der Waals surface area contributed by atoms with Crippen molar-refractivity contribution >= 4 is 19.2 Å². The lowest BCUT2D eigenvalue weighted by Gasteiger charge is -2.20. The van der Waals surface area contributed by atoms with Gasteiger partial charge in [-0.1, -0.05) is 0 Å². The van der Waals surface area contributed by atoms with E-state index in [9.17, 15) is 5.11 Å². The van der Waals surface area contributed by atoms with Crippen molar-refractivity contribution in [3.8, 4) is 0 Å². The van der Waals surface area contributed by atoms with Crippen LogP contribution in [0.1, 0.15) is 13.8 Å². The highest BCUT2D eigenvalue weighted by molar-refractivity contribution is 7.96. The van der Waals surface area contributed by atoms with Crippen molar-refractivity contribution < 1.29 is 14.6 Å². The molecule has 0 aromatic rings. The van der Waals surface area contributed by atoms with Crippen LogP contribution in [-0.2, 0) is 21.3 Å². The van der Waals surface area contributed by atoms with Gasteiger partial charge in [-0.05, 0) is 25.7 Å². The van der Waals surface area contributed by atoms with E-state index in [2.05, 4.69) is 11.8 Å². The van der Waals surface area contributed by atoms with Gasteiger partial charge < -0.3 is 14.6 Å². The molecule has 0 radical (unpaired) electrons.